The van der Waals surface area contributed by atoms with E-state index in [1.54, 1.807) is 6.07 Å². The third-order valence-corrected chi connectivity index (χ3v) is 4.82. The Morgan fingerprint density at radius 2 is 1.92 bits per heavy atom. The maximum atomic E-state index is 13.3. The van der Waals surface area contributed by atoms with E-state index < -0.39 is 11.6 Å². The van der Waals surface area contributed by atoms with Crippen molar-refractivity contribution in [1.29, 1.82) is 0 Å². The third kappa shape index (κ3) is 4.35. The van der Waals surface area contributed by atoms with Crippen LogP contribution in [0, 0.1) is 11.6 Å². The van der Waals surface area contributed by atoms with Crippen LogP contribution in [-0.4, -0.2) is 30.4 Å². The number of hydrogen-bond donors (Lipinski definition) is 1. The van der Waals surface area contributed by atoms with Crippen molar-refractivity contribution in [3.05, 3.63) is 77.4 Å². The van der Waals surface area contributed by atoms with Gasteiger partial charge in [-0.15, -0.1) is 0 Å². The molecule has 5 heteroatoms. The van der Waals surface area contributed by atoms with Crippen molar-refractivity contribution in [3.8, 4) is 0 Å². The second kappa shape index (κ2) is 8.23. The van der Waals surface area contributed by atoms with Gasteiger partial charge in [-0.3, -0.25) is 4.79 Å². The molecule has 0 aliphatic carbocycles. The molecule has 0 saturated carbocycles. The molecule has 1 atom stereocenters. The number of halogens is 2. The van der Waals surface area contributed by atoms with Gasteiger partial charge in [0.25, 0.3) is 5.91 Å². The highest BCUT2D eigenvalue weighted by molar-refractivity contribution is 5.79. The molecular weight excluding hydrogens is 334 g/mol. The van der Waals surface area contributed by atoms with Crippen LogP contribution in [0.15, 0.2) is 54.6 Å². The summed E-state index contributed by atoms with van der Waals surface area (Å²) in [6.45, 7) is 3.47. The molecule has 3 nitrogen and oxygen atoms in total. The molecule has 0 saturated heterocycles. The summed E-state index contributed by atoms with van der Waals surface area (Å²) >= 11 is 0. The SMILES string of the molecule is C[C@@H]([NH2+]CC(=O)N1CC=C(c2ccccc2)CC1)c1ccc(F)c(F)c1. The fraction of sp³-hybridized carbons (Fsp3) is 0.286. The summed E-state index contributed by atoms with van der Waals surface area (Å²) in [4.78, 5) is 14.3. The molecule has 1 heterocycles. The minimum Gasteiger partial charge on any atom is -0.334 e. The zero-order valence-electron chi connectivity index (χ0n) is 14.8. The minimum atomic E-state index is -0.858. The van der Waals surface area contributed by atoms with Crippen molar-refractivity contribution in [2.24, 2.45) is 0 Å². The van der Waals surface area contributed by atoms with E-state index in [2.05, 4.69) is 18.2 Å². The molecule has 0 fully saturated rings. The largest absolute Gasteiger partial charge is 0.334 e. The molecule has 0 aromatic heterocycles. The van der Waals surface area contributed by atoms with Crippen molar-refractivity contribution in [1.82, 2.24) is 4.90 Å². The monoisotopic (exact) mass is 357 g/mol. The predicted octanol–water partition coefficient (Wildman–Crippen LogP) is 2.91. The molecule has 2 N–H and O–H groups in total. The van der Waals surface area contributed by atoms with Crippen LogP contribution in [0.25, 0.3) is 5.57 Å². The number of nitrogens with two attached hydrogens (primary N) is 1. The van der Waals surface area contributed by atoms with Crippen LogP contribution in [0.5, 0.6) is 0 Å². The molecule has 1 amide bonds. The number of rotatable bonds is 5. The lowest BCUT2D eigenvalue weighted by Crippen LogP contribution is -2.87. The Labute approximate surface area is 152 Å². The van der Waals surface area contributed by atoms with Crippen molar-refractivity contribution < 1.29 is 18.9 Å². The number of nitrogens with zero attached hydrogens (tertiary/aromatic N) is 1. The van der Waals surface area contributed by atoms with Crippen LogP contribution in [0.1, 0.15) is 30.5 Å². The van der Waals surface area contributed by atoms with Gasteiger partial charge in [0.15, 0.2) is 18.2 Å². The predicted molar refractivity (Wildman–Crippen MR) is 97.2 cm³/mol. The highest BCUT2D eigenvalue weighted by Gasteiger charge is 2.20. The first-order chi connectivity index (χ1) is 12.5. The van der Waals surface area contributed by atoms with E-state index in [0.29, 0.717) is 18.7 Å². The average Bonchev–Trinajstić information content (AvgIpc) is 2.68. The Bertz CT molecular complexity index is 805. The quantitative estimate of drug-likeness (QED) is 0.878. The lowest BCUT2D eigenvalue weighted by Gasteiger charge is -2.26. The number of carbonyl (C=O) groups is 1. The highest BCUT2D eigenvalue weighted by Crippen LogP contribution is 2.21. The van der Waals surface area contributed by atoms with Gasteiger partial charge >= 0.3 is 0 Å². The van der Waals surface area contributed by atoms with Gasteiger partial charge in [-0.25, -0.2) is 8.78 Å². The van der Waals surface area contributed by atoms with Gasteiger partial charge in [0.1, 0.15) is 6.04 Å². The fourth-order valence-electron chi connectivity index (χ4n) is 3.15. The lowest BCUT2D eigenvalue weighted by molar-refractivity contribution is -0.683. The second-order valence-electron chi connectivity index (χ2n) is 6.59. The Hall–Kier alpha value is -2.53. The number of quaternary nitrogens is 1. The number of hydrogen-bond acceptors (Lipinski definition) is 1. The molecule has 0 spiro atoms. The first-order valence-electron chi connectivity index (χ1n) is 8.85. The Morgan fingerprint density at radius 3 is 2.58 bits per heavy atom. The van der Waals surface area contributed by atoms with Crippen LogP contribution in [-0.2, 0) is 4.79 Å². The summed E-state index contributed by atoms with van der Waals surface area (Å²) in [6, 6.07) is 13.9. The molecular formula is C21H23F2N2O+. The van der Waals surface area contributed by atoms with Gasteiger partial charge in [0.2, 0.25) is 0 Å². The van der Waals surface area contributed by atoms with Crippen molar-refractivity contribution in [3.63, 3.8) is 0 Å². The highest BCUT2D eigenvalue weighted by atomic mass is 19.2. The zero-order valence-corrected chi connectivity index (χ0v) is 14.8. The number of amides is 1. The molecule has 0 radical (unpaired) electrons. The Kier molecular flexibility index (Phi) is 5.78. The Balaban J connectivity index is 1.53. The van der Waals surface area contributed by atoms with E-state index in [4.69, 9.17) is 0 Å². The average molecular weight is 357 g/mol. The van der Waals surface area contributed by atoms with E-state index in [9.17, 15) is 13.6 Å². The summed E-state index contributed by atoms with van der Waals surface area (Å²) in [6.07, 6.45) is 2.95. The second-order valence-corrected chi connectivity index (χ2v) is 6.59. The molecule has 0 bridgehead atoms. The number of benzene rings is 2. The maximum absolute atomic E-state index is 13.3. The van der Waals surface area contributed by atoms with E-state index in [-0.39, 0.29) is 18.5 Å². The first kappa shape index (κ1) is 18.3. The number of carbonyl (C=O) groups excluding carboxylic acids is 1. The van der Waals surface area contributed by atoms with Gasteiger partial charge in [0, 0.05) is 18.7 Å². The molecule has 2 aromatic rings. The summed E-state index contributed by atoms with van der Waals surface area (Å²) in [5.74, 6) is -1.65. The van der Waals surface area contributed by atoms with Crippen LogP contribution in [0.3, 0.4) is 0 Å². The van der Waals surface area contributed by atoms with Gasteiger partial charge in [0.05, 0.1) is 0 Å². The zero-order chi connectivity index (χ0) is 18.5. The normalized spacial score (nSPS) is 15.5. The molecule has 136 valence electrons. The fourth-order valence-corrected chi connectivity index (χ4v) is 3.15. The summed E-state index contributed by atoms with van der Waals surface area (Å²) in [7, 11) is 0. The van der Waals surface area contributed by atoms with Crippen LogP contribution in [0.2, 0.25) is 0 Å². The van der Waals surface area contributed by atoms with Crippen LogP contribution in [0.4, 0.5) is 8.78 Å². The first-order valence-corrected chi connectivity index (χ1v) is 8.85. The standard InChI is InChI=1S/C21H22F2N2O/c1-15(18-7-8-19(22)20(23)13-18)24-14-21(26)25-11-9-17(10-12-25)16-5-3-2-4-6-16/h2-9,13,15,24H,10-12,14H2,1H3/p+1/t15-/m1/s1. The van der Waals surface area contributed by atoms with E-state index >= 15 is 0 Å². The molecule has 26 heavy (non-hydrogen) atoms. The molecule has 1 aliphatic heterocycles. The lowest BCUT2D eigenvalue weighted by atomic mass is 9.99. The van der Waals surface area contributed by atoms with Gasteiger partial charge in [-0.1, -0.05) is 36.4 Å². The van der Waals surface area contributed by atoms with Gasteiger partial charge in [-0.2, -0.15) is 0 Å². The summed E-state index contributed by atoms with van der Waals surface area (Å²) in [5.41, 5.74) is 3.15. The summed E-state index contributed by atoms with van der Waals surface area (Å²) in [5, 5.41) is 1.85. The summed E-state index contributed by atoms with van der Waals surface area (Å²) < 4.78 is 26.4. The topological polar surface area (TPSA) is 36.9 Å². The molecule has 0 unspecified atom stereocenters. The third-order valence-electron chi connectivity index (χ3n) is 4.82. The van der Waals surface area contributed by atoms with Gasteiger partial charge in [-0.05, 0) is 42.7 Å². The van der Waals surface area contributed by atoms with Crippen LogP contribution >= 0.6 is 0 Å². The Morgan fingerprint density at radius 1 is 1.15 bits per heavy atom. The smallest absolute Gasteiger partial charge is 0.277 e. The van der Waals surface area contributed by atoms with Crippen molar-refractivity contribution in [2.45, 2.75) is 19.4 Å². The van der Waals surface area contributed by atoms with Crippen molar-refractivity contribution in [2.75, 3.05) is 19.6 Å². The molecule has 3 rings (SSSR count). The van der Waals surface area contributed by atoms with E-state index in [1.807, 2.05) is 35.3 Å². The van der Waals surface area contributed by atoms with E-state index in [0.717, 1.165) is 12.5 Å². The minimum absolute atomic E-state index is 0.0581. The van der Waals surface area contributed by atoms with Gasteiger partial charge < -0.3 is 10.2 Å². The maximum Gasteiger partial charge on any atom is 0.277 e. The van der Waals surface area contributed by atoms with Crippen LogP contribution < -0.4 is 5.32 Å². The van der Waals surface area contributed by atoms with Crippen molar-refractivity contribution >= 4 is 11.5 Å². The molecule has 1 aliphatic rings. The van der Waals surface area contributed by atoms with E-state index in [1.165, 1.54) is 17.2 Å². The molecule has 2 aromatic carbocycles.